The molecule has 1 saturated carbocycles. The molecule has 0 aliphatic heterocycles. The van der Waals surface area contributed by atoms with Crippen LogP contribution in [0.3, 0.4) is 0 Å². The van der Waals surface area contributed by atoms with Gasteiger partial charge in [-0.25, -0.2) is 0 Å². The van der Waals surface area contributed by atoms with Gasteiger partial charge in [0.25, 0.3) is 0 Å². The largest absolute Gasteiger partial charge is 1.00 e. The van der Waals surface area contributed by atoms with Crippen LogP contribution in [-0.4, -0.2) is 0 Å². The Morgan fingerprint density at radius 3 is 1.50 bits per heavy atom. The van der Waals surface area contributed by atoms with Crippen LogP contribution in [0.15, 0.2) is 59.7 Å². The number of fused-ring (bicyclic) bond motifs is 6. The molecule has 2 unspecified atom stereocenters. The minimum atomic E-state index is 0. The van der Waals surface area contributed by atoms with E-state index >= 15 is 0 Å². The summed E-state index contributed by atoms with van der Waals surface area (Å²) < 4.78 is 0. The molecular formula is C22H22Li2. The van der Waals surface area contributed by atoms with Crippen molar-refractivity contribution in [3.05, 3.63) is 81.9 Å². The van der Waals surface area contributed by atoms with Crippen molar-refractivity contribution in [2.24, 2.45) is 0 Å². The Labute approximate surface area is 171 Å². The molecule has 3 aliphatic carbocycles. The predicted molar refractivity (Wildman–Crippen MR) is 95.0 cm³/mol. The fraction of sp³-hybridized carbons (Fsp3) is 0.273. The summed E-state index contributed by atoms with van der Waals surface area (Å²) >= 11 is 0. The van der Waals surface area contributed by atoms with Crippen molar-refractivity contribution in [2.75, 3.05) is 0 Å². The topological polar surface area (TPSA) is 0 Å². The number of benzene rings is 2. The Hall–Kier alpha value is -0.885. The molecule has 112 valence electrons. The van der Waals surface area contributed by atoms with Crippen molar-refractivity contribution in [2.45, 2.75) is 37.5 Å². The van der Waals surface area contributed by atoms with Gasteiger partial charge in [0.05, 0.1) is 0 Å². The summed E-state index contributed by atoms with van der Waals surface area (Å²) in [5.41, 5.74) is 9.39. The summed E-state index contributed by atoms with van der Waals surface area (Å²) in [6, 6.07) is 18.0. The van der Waals surface area contributed by atoms with E-state index in [1.165, 1.54) is 36.8 Å². The first-order valence-corrected chi connectivity index (χ1v) is 8.49. The quantitative estimate of drug-likeness (QED) is 0.608. The summed E-state index contributed by atoms with van der Waals surface area (Å²) in [7, 11) is 0. The second-order valence-corrected chi connectivity index (χ2v) is 6.88. The maximum Gasteiger partial charge on any atom is 1.00 e. The van der Waals surface area contributed by atoms with Crippen molar-refractivity contribution < 1.29 is 40.6 Å². The van der Waals surface area contributed by atoms with Gasteiger partial charge < -0.3 is 2.85 Å². The first-order chi connectivity index (χ1) is 10.9. The Bertz CT molecular complexity index is 757. The van der Waals surface area contributed by atoms with Crippen LogP contribution in [0.2, 0.25) is 0 Å². The molecule has 0 saturated heterocycles. The molecule has 2 aromatic rings. The second kappa shape index (κ2) is 7.16. The zero-order chi connectivity index (χ0) is 14.5. The molecule has 24 heavy (non-hydrogen) atoms. The van der Waals surface area contributed by atoms with E-state index in [2.05, 4.69) is 60.7 Å². The smallest absolute Gasteiger partial charge is 1.00 e. The zero-order valence-corrected chi connectivity index (χ0v) is 14.8. The molecule has 0 nitrogen and oxygen atoms in total. The van der Waals surface area contributed by atoms with Crippen molar-refractivity contribution in [1.29, 1.82) is 0 Å². The van der Waals surface area contributed by atoms with Gasteiger partial charge in [-0.05, 0) is 47.9 Å². The Morgan fingerprint density at radius 2 is 1.04 bits per heavy atom. The van der Waals surface area contributed by atoms with Gasteiger partial charge in [0.2, 0.25) is 0 Å². The molecule has 0 aromatic heterocycles. The first kappa shape index (κ1) is 17.9. The molecule has 1 fully saturated rings. The van der Waals surface area contributed by atoms with Gasteiger partial charge in [-0.3, -0.25) is 0 Å². The standard InChI is InChI=1S/C22H20.2Li.2H/c1-3-7-19-15(5-1)13-17-9-12-22-18(10-11-21(17)19)14-16-6-2-4-8-20(16)22;;;;/h1-8,13-14,21-22H,9-12H2;;;;/q;2*+1;2*-1. The third-order valence-electron chi connectivity index (χ3n) is 5.76. The van der Waals surface area contributed by atoms with Gasteiger partial charge in [0.15, 0.2) is 0 Å². The minimum Gasteiger partial charge on any atom is -1.00 e. The molecule has 2 atom stereocenters. The van der Waals surface area contributed by atoms with Crippen LogP contribution in [0.25, 0.3) is 12.2 Å². The molecule has 0 bridgehead atoms. The van der Waals surface area contributed by atoms with Crippen LogP contribution in [0.1, 0.15) is 62.6 Å². The fourth-order valence-electron chi connectivity index (χ4n) is 4.72. The van der Waals surface area contributed by atoms with Crippen molar-refractivity contribution in [3.63, 3.8) is 0 Å². The number of hydrogen-bond acceptors (Lipinski definition) is 0. The Balaban J connectivity index is 0.000000845. The molecule has 3 aliphatic rings. The number of hydrogen-bond donors (Lipinski definition) is 0. The van der Waals surface area contributed by atoms with Crippen molar-refractivity contribution in [1.82, 2.24) is 0 Å². The summed E-state index contributed by atoms with van der Waals surface area (Å²) in [5.74, 6) is 1.34. The van der Waals surface area contributed by atoms with Gasteiger partial charge >= 0.3 is 37.7 Å². The van der Waals surface area contributed by atoms with Gasteiger partial charge in [-0.1, -0.05) is 71.8 Å². The zero-order valence-electron chi connectivity index (χ0n) is 16.8. The molecule has 0 radical (unpaired) electrons. The summed E-state index contributed by atoms with van der Waals surface area (Å²) in [6.07, 6.45) is 9.98. The maximum absolute atomic E-state index is 2.47. The molecule has 0 N–H and O–H groups in total. The van der Waals surface area contributed by atoms with Crippen LogP contribution in [0.5, 0.6) is 0 Å². The Morgan fingerprint density at radius 1 is 0.625 bits per heavy atom. The van der Waals surface area contributed by atoms with E-state index in [-0.39, 0.29) is 40.6 Å². The normalized spacial score (nSPS) is 23.0. The van der Waals surface area contributed by atoms with Crippen LogP contribution in [-0.2, 0) is 0 Å². The maximum atomic E-state index is 2.47. The van der Waals surface area contributed by atoms with E-state index in [0.29, 0.717) is 11.8 Å². The van der Waals surface area contributed by atoms with E-state index < -0.39 is 0 Å². The average Bonchev–Trinajstić information content (AvgIpc) is 3.06. The molecule has 0 spiro atoms. The summed E-state index contributed by atoms with van der Waals surface area (Å²) in [4.78, 5) is 0. The molecule has 0 amide bonds. The van der Waals surface area contributed by atoms with Crippen molar-refractivity contribution in [3.8, 4) is 0 Å². The van der Waals surface area contributed by atoms with Gasteiger partial charge in [-0.2, -0.15) is 0 Å². The molecule has 2 aromatic carbocycles. The van der Waals surface area contributed by atoms with E-state index in [9.17, 15) is 0 Å². The Kier molecular flexibility index (Phi) is 5.35. The van der Waals surface area contributed by atoms with Crippen LogP contribution >= 0.6 is 0 Å². The SMILES string of the molecule is C1=C2CCC3C(=Cc4ccccc43)CCC2c2ccccc21.[H-].[H-].[Li+].[Li+]. The molecule has 0 heterocycles. The number of allylic oxidation sites excluding steroid dienone is 2. The summed E-state index contributed by atoms with van der Waals surface area (Å²) in [5, 5.41) is 0. The van der Waals surface area contributed by atoms with Crippen molar-refractivity contribution >= 4 is 12.2 Å². The minimum absolute atomic E-state index is 0. The van der Waals surface area contributed by atoms with Gasteiger partial charge in [0, 0.05) is 11.8 Å². The number of rotatable bonds is 0. The monoisotopic (exact) mass is 300 g/mol. The first-order valence-electron chi connectivity index (χ1n) is 8.49. The van der Waals surface area contributed by atoms with Crippen LogP contribution in [0.4, 0.5) is 0 Å². The molecule has 5 rings (SSSR count). The van der Waals surface area contributed by atoms with E-state index in [1.807, 2.05) is 0 Å². The predicted octanol–water partition coefficient (Wildman–Crippen LogP) is 0.155. The third kappa shape index (κ3) is 2.81. The van der Waals surface area contributed by atoms with Crippen LogP contribution < -0.4 is 37.7 Å². The molecule has 2 heteroatoms. The van der Waals surface area contributed by atoms with E-state index in [1.54, 1.807) is 22.3 Å². The van der Waals surface area contributed by atoms with Gasteiger partial charge in [-0.15, -0.1) is 0 Å². The van der Waals surface area contributed by atoms with E-state index in [0.717, 1.165) is 0 Å². The average molecular weight is 300 g/mol. The second-order valence-electron chi connectivity index (χ2n) is 6.88. The summed E-state index contributed by atoms with van der Waals surface area (Å²) in [6.45, 7) is 0. The molecular weight excluding hydrogens is 278 g/mol. The fourth-order valence-corrected chi connectivity index (χ4v) is 4.72. The third-order valence-corrected chi connectivity index (χ3v) is 5.76. The van der Waals surface area contributed by atoms with E-state index in [4.69, 9.17) is 0 Å². The van der Waals surface area contributed by atoms with Crippen LogP contribution in [0, 0.1) is 0 Å². The van der Waals surface area contributed by atoms with Gasteiger partial charge in [0.1, 0.15) is 0 Å².